The molecule has 1 unspecified atom stereocenters. The number of hydrogen-bond donors (Lipinski definition) is 0. The Bertz CT molecular complexity index is 3600. The lowest BCUT2D eigenvalue weighted by molar-refractivity contribution is 0.483. The van der Waals surface area contributed by atoms with Crippen molar-refractivity contribution in [3.8, 4) is 78.9 Å². The second kappa shape index (κ2) is 17.4. The molecule has 322 valence electrons. The molecule has 0 fully saturated rings. The summed E-state index contributed by atoms with van der Waals surface area (Å²) < 4.78 is 2.17. The number of allylic oxidation sites excluding steroid dienone is 4. The van der Waals surface area contributed by atoms with E-state index in [1.807, 2.05) is 36.4 Å². The average Bonchev–Trinajstić information content (AvgIpc) is 3.81. The summed E-state index contributed by atoms with van der Waals surface area (Å²) in [5, 5.41) is 0. The molecule has 2 aliphatic heterocycles. The number of fused-ring (bicyclic) bond motifs is 2. The first-order valence-electron chi connectivity index (χ1n) is 23.0. The Kier molecular flexibility index (Phi) is 10.4. The largest absolute Gasteiger partial charge is 0.336 e. The lowest BCUT2D eigenvalue weighted by Crippen LogP contribution is -2.33. The maximum atomic E-state index is 5.29. The van der Waals surface area contributed by atoms with Gasteiger partial charge in [-0.15, -0.1) is 0 Å². The maximum Gasteiger partial charge on any atom is 0.164 e. The van der Waals surface area contributed by atoms with Crippen LogP contribution < -0.4 is 0 Å². The highest BCUT2D eigenvalue weighted by Crippen LogP contribution is 2.42. The summed E-state index contributed by atoms with van der Waals surface area (Å²) in [6.45, 7) is 2.22. The molecule has 0 amide bonds. The molecular weight excluding hydrogens is 829 g/mol. The normalized spacial score (nSPS) is 14.3. The van der Waals surface area contributed by atoms with Gasteiger partial charge in [0.25, 0.3) is 0 Å². The first-order chi connectivity index (χ1) is 33.6. The molecule has 5 heterocycles. The van der Waals surface area contributed by atoms with Gasteiger partial charge in [0.15, 0.2) is 17.5 Å². The Hall–Kier alpha value is -9.00. The van der Waals surface area contributed by atoms with E-state index >= 15 is 0 Å². The fraction of sp³-hybridized carbons (Fsp3) is 0.0323. The van der Waals surface area contributed by atoms with Crippen molar-refractivity contribution >= 4 is 16.9 Å². The second-order valence-corrected chi connectivity index (χ2v) is 17.2. The van der Waals surface area contributed by atoms with E-state index in [9.17, 15) is 0 Å². The summed E-state index contributed by atoms with van der Waals surface area (Å²) in [5.41, 5.74) is 18.0. The number of benzene rings is 7. The van der Waals surface area contributed by atoms with Crippen LogP contribution in [0.3, 0.4) is 0 Å². The van der Waals surface area contributed by atoms with Gasteiger partial charge in [-0.3, -0.25) is 4.40 Å². The van der Waals surface area contributed by atoms with Crippen molar-refractivity contribution in [1.82, 2.24) is 29.2 Å². The highest BCUT2D eigenvalue weighted by atomic mass is 15.2. The predicted molar refractivity (Wildman–Crippen MR) is 278 cm³/mol. The SMILES string of the molecule is CC1=CC(c2ccc(-c3ccccc3)cc2)=C(c2cccc(-c3nc(-c4ccccc4)nc(-c4cccc(-c5c(-c6ccc(-c7ccccc7)cc6)nc6ccccn56)c4)n3)c2)N2C=CC=CC12. The van der Waals surface area contributed by atoms with Gasteiger partial charge < -0.3 is 4.90 Å². The molecule has 6 heteroatoms. The van der Waals surface area contributed by atoms with Crippen LogP contribution in [0.5, 0.6) is 0 Å². The van der Waals surface area contributed by atoms with Gasteiger partial charge in [0.05, 0.1) is 23.1 Å². The number of nitrogens with zero attached hydrogens (tertiary/aromatic N) is 6. The van der Waals surface area contributed by atoms with E-state index in [4.69, 9.17) is 19.9 Å². The summed E-state index contributed by atoms with van der Waals surface area (Å²) in [4.78, 5) is 23.2. The second-order valence-electron chi connectivity index (χ2n) is 17.2. The van der Waals surface area contributed by atoms with E-state index in [-0.39, 0.29) is 6.04 Å². The first-order valence-corrected chi connectivity index (χ1v) is 23.0. The Morgan fingerprint density at radius 2 is 0.882 bits per heavy atom. The summed E-state index contributed by atoms with van der Waals surface area (Å²) >= 11 is 0. The Labute approximate surface area is 396 Å². The van der Waals surface area contributed by atoms with E-state index in [1.54, 1.807) is 0 Å². The number of aromatic nitrogens is 5. The molecule has 0 saturated carbocycles. The van der Waals surface area contributed by atoms with Gasteiger partial charge in [0.2, 0.25) is 0 Å². The molecule has 0 N–H and O–H groups in total. The monoisotopic (exact) mass is 872 g/mol. The standard InChI is InChI=1S/C62H44N6/c1-42-39-54(47-33-29-45(30-34-47)43-17-5-2-6-18-43)58(67-37-13-11-27-55(42)67)50-23-15-25-52(40-50)61-64-60(49-21-9-4-10-22-49)65-62(66-61)53-26-16-24-51(41-53)59-57(63-56-28-12-14-38-68(56)59)48-35-31-46(32-36-48)44-19-7-3-8-20-44/h2-41,55H,1H3. The van der Waals surface area contributed by atoms with E-state index in [0.717, 1.165) is 72.8 Å². The minimum absolute atomic E-state index is 0.105. The van der Waals surface area contributed by atoms with E-state index in [1.165, 1.54) is 22.3 Å². The van der Waals surface area contributed by atoms with Gasteiger partial charge in [-0.1, -0.05) is 200 Å². The first kappa shape index (κ1) is 40.5. The van der Waals surface area contributed by atoms with Crippen LogP contribution in [0.4, 0.5) is 0 Å². The zero-order valence-corrected chi connectivity index (χ0v) is 37.4. The zero-order valence-electron chi connectivity index (χ0n) is 37.4. The average molecular weight is 873 g/mol. The van der Waals surface area contributed by atoms with Crippen LogP contribution in [0.15, 0.2) is 249 Å². The van der Waals surface area contributed by atoms with Crippen molar-refractivity contribution in [1.29, 1.82) is 0 Å². The van der Waals surface area contributed by atoms with Gasteiger partial charge in [-0.2, -0.15) is 0 Å². The zero-order chi connectivity index (χ0) is 45.4. The molecule has 1 atom stereocenters. The molecule has 0 bridgehead atoms. The van der Waals surface area contributed by atoms with Gasteiger partial charge >= 0.3 is 0 Å². The molecule has 12 rings (SSSR count). The molecule has 3 aromatic heterocycles. The highest BCUT2D eigenvalue weighted by Gasteiger charge is 2.29. The van der Waals surface area contributed by atoms with Gasteiger partial charge in [0, 0.05) is 45.8 Å². The molecule has 2 aliphatic rings. The third kappa shape index (κ3) is 7.64. The van der Waals surface area contributed by atoms with Crippen LogP contribution in [-0.4, -0.2) is 35.3 Å². The minimum atomic E-state index is 0.105. The van der Waals surface area contributed by atoms with Crippen LogP contribution in [-0.2, 0) is 0 Å². The number of hydrogen-bond acceptors (Lipinski definition) is 5. The quantitative estimate of drug-likeness (QED) is 0.145. The molecule has 6 nitrogen and oxygen atoms in total. The third-order valence-corrected chi connectivity index (χ3v) is 12.9. The fourth-order valence-corrected chi connectivity index (χ4v) is 9.49. The molecular formula is C62H44N6. The lowest BCUT2D eigenvalue weighted by atomic mass is 9.88. The summed E-state index contributed by atoms with van der Waals surface area (Å²) in [5.74, 6) is 1.79. The Morgan fingerprint density at radius 3 is 1.51 bits per heavy atom. The Balaban J connectivity index is 0.971. The maximum absolute atomic E-state index is 5.29. The topological polar surface area (TPSA) is 59.2 Å². The highest BCUT2D eigenvalue weighted by molar-refractivity contribution is 5.98. The summed E-state index contributed by atoms with van der Waals surface area (Å²) in [7, 11) is 0. The summed E-state index contributed by atoms with van der Waals surface area (Å²) in [6.07, 6.45) is 13.1. The van der Waals surface area contributed by atoms with Crippen molar-refractivity contribution in [2.45, 2.75) is 13.0 Å². The van der Waals surface area contributed by atoms with Crippen LogP contribution in [0.2, 0.25) is 0 Å². The van der Waals surface area contributed by atoms with Gasteiger partial charge in [-0.25, -0.2) is 19.9 Å². The van der Waals surface area contributed by atoms with Gasteiger partial charge in [0.1, 0.15) is 5.65 Å². The van der Waals surface area contributed by atoms with Gasteiger partial charge in [-0.05, 0) is 76.2 Å². The molecule has 7 aromatic carbocycles. The summed E-state index contributed by atoms with van der Waals surface area (Å²) in [6, 6.07) is 72.1. The number of rotatable bonds is 9. The Morgan fingerprint density at radius 1 is 0.397 bits per heavy atom. The molecule has 0 saturated heterocycles. The molecule has 68 heavy (non-hydrogen) atoms. The molecule has 0 aliphatic carbocycles. The van der Waals surface area contributed by atoms with Crippen molar-refractivity contribution in [2.24, 2.45) is 0 Å². The number of pyridine rings is 1. The van der Waals surface area contributed by atoms with Crippen molar-refractivity contribution in [3.63, 3.8) is 0 Å². The fourth-order valence-electron chi connectivity index (χ4n) is 9.49. The van der Waals surface area contributed by atoms with Crippen LogP contribution in [0.1, 0.15) is 18.1 Å². The van der Waals surface area contributed by atoms with Crippen LogP contribution in [0.25, 0.3) is 95.8 Å². The van der Waals surface area contributed by atoms with Crippen LogP contribution >= 0.6 is 0 Å². The number of imidazole rings is 1. The third-order valence-electron chi connectivity index (χ3n) is 12.9. The van der Waals surface area contributed by atoms with Crippen molar-refractivity contribution in [3.05, 3.63) is 260 Å². The van der Waals surface area contributed by atoms with E-state index < -0.39 is 0 Å². The van der Waals surface area contributed by atoms with Crippen molar-refractivity contribution < 1.29 is 0 Å². The molecule has 0 radical (unpaired) electrons. The molecule has 0 spiro atoms. The lowest BCUT2D eigenvalue weighted by Gasteiger charge is -2.38. The van der Waals surface area contributed by atoms with E-state index in [2.05, 4.69) is 223 Å². The predicted octanol–water partition coefficient (Wildman–Crippen LogP) is 14.8. The van der Waals surface area contributed by atoms with Crippen molar-refractivity contribution in [2.75, 3.05) is 0 Å². The van der Waals surface area contributed by atoms with Crippen LogP contribution in [0, 0.1) is 0 Å². The molecule has 10 aromatic rings. The smallest absolute Gasteiger partial charge is 0.164 e. The van der Waals surface area contributed by atoms with E-state index in [0.29, 0.717) is 17.5 Å². The minimum Gasteiger partial charge on any atom is -0.336 e.